The first-order chi connectivity index (χ1) is 12.2. The number of amides is 1. The number of carbonyl (C=O) groups is 1. The third kappa shape index (κ3) is 5.40. The van der Waals surface area contributed by atoms with Gasteiger partial charge in [0.15, 0.2) is 5.66 Å². The lowest BCUT2D eigenvalue weighted by atomic mass is 10.0. The molecule has 1 aromatic rings. The second-order valence-electron chi connectivity index (χ2n) is 7.07. The van der Waals surface area contributed by atoms with E-state index in [4.69, 9.17) is 6.42 Å². The Balaban J connectivity index is 1.31. The standard InChI is InChI=1S/C20H26N4O/c1-2-3-11-20(22-23-20)12-9-19(25)21-14-18-10-13-24(16-18)15-17-7-5-4-6-8-17/h1,4-8,18H,3,9-16H2,(H,21,25). The summed E-state index contributed by atoms with van der Waals surface area (Å²) < 4.78 is 0. The van der Waals surface area contributed by atoms with Crippen LogP contribution in [-0.2, 0) is 11.3 Å². The average molecular weight is 338 g/mol. The Morgan fingerprint density at radius 2 is 2.12 bits per heavy atom. The SMILES string of the molecule is C#CCCC1(CCC(=O)NCC2CCN(Cc3ccccc3)C2)N=N1. The Bertz CT molecular complexity index is 643. The van der Waals surface area contributed by atoms with Crippen LogP contribution in [0.15, 0.2) is 40.6 Å². The summed E-state index contributed by atoms with van der Waals surface area (Å²) in [6.07, 6.45) is 8.98. The zero-order valence-electron chi connectivity index (χ0n) is 14.7. The lowest BCUT2D eigenvalue weighted by Crippen LogP contribution is -2.31. The molecule has 0 bridgehead atoms. The first-order valence-electron chi connectivity index (χ1n) is 9.10. The number of nitrogens with one attached hydrogen (secondary N) is 1. The van der Waals surface area contributed by atoms with Crippen LogP contribution in [0.3, 0.4) is 0 Å². The maximum absolute atomic E-state index is 12.1. The lowest BCUT2D eigenvalue weighted by Gasteiger charge is -2.16. The molecule has 1 unspecified atom stereocenters. The number of carbonyl (C=O) groups excluding carboxylic acids is 1. The van der Waals surface area contributed by atoms with Crippen molar-refractivity contribution >= 4 is 5.91 Å². The van der Waals surface area contributed by atoms with Crippen molar-refractivity contribution in [3.63, 3.8) is 0 Å². The molecule has 5 nitrogen and oxygen atoms in total. The van der Waals surface area contributed by atoms with Crippen LogP contribution in [0.5, 0.6) is 0 Å². The molecule has 0 aromatic heterocycles. The first kappa shape index (κ1) is 17.6. The Morgan fingerprint density at radius 3 is 2.84 bits per heavy atom. The van der Waals surface area contributed by atoms with Crippen LogP contribution in [0.2, 0.25) is 0 Å². The minimum Gasteiger partial charge on any atom is -0.356 e. The number of likely N-dealkylation sites (tertiary alicyclic amines) is 1. The molecule has 132 valence electrons. The van der Waals surface area contributed by atoms with Crippen molar-refractivity contribution in [2.75, 3.05) is 19.6 Å². The van der Waals surface area contributed by atoms with E-state index in [0.29, 0.717) is 25.2 Å². The summed E-state index contributed by atoms with van der Waals surface area (Å²) in [6, 6.07) is 10.5. The maximum atomic E-state index is 12.1. The number of hydrogen-bond acceptors (Lipinski definition) is 4. The number of benzene rings is 1. The summed E-state index contributed by atoms with van der Waals surface area (Å²) >= 11 is 0. The predicted octanol–water partition coefficient (Wildman–Crippen LogP) is 2.98. The molecule has 0 saturated carbocycles. The third-order valence-corrected chi connectivity index (χ3v) is 5.01. The summed E-state index contributed by atoms with van der Waals surface area (Å²) in [6.45, 7) is 3.90. The number of rotatable bonds is 9. The van der Waals surface area contributed by atoms with Gasteiger partial charge in [-0.3, -0.25) is 9.69 Å². The summed E-state index contributed by atoms with van der Waals surface area (Å²) in [4.78, 5) is 14.5. The second kappa shape index (κ2) is 8.26. The van der Waals surface area contributed by atoms with Crippen molar-refractivity contribution in [1.82, 2.24) is 10.2 Å². The van der Waals surface area contributed by atoms with Crippen LogP contribution in [0.25, 0.3) is 0 Å². The van der Waals surface area contributed by atoms with Gasteiger partial charge in [0.05, 0.1) is 0 Å². The molecule has 0 spiro atoms. The van der Waals surface area contributed by atoms with Crippen molar-refractivity contribution in [2.45, 2.75) is 44.3 Å². The molecule has 0 aliphatic carbocycles. The number of terminal acetylenes is 1. The Labute approximate surface area is 149 Å². The van der Waals surface area contributed by atoms with Gasteiger partial charge in [0, 0.05) is 45.3 Å². The molecule has 1 saturated heterocycles. The molecule has 1 N–H and O–H groups in total. The van der Waals surface area contributed by atoms with Gasteiger partial charge in [0.2, 0.25) is 5.91 Å². The molecular formula is C20H26N4O. The Morgan fingerprint density at radius 1 is 1.32 bits per heavy atom. The van der Waals surface area contributed by atoms with Gasteiger partial charge in [-0.2, -0.15) is 10.2 Å². The van der Waals surface area contributed by atoms with Crippen molar-refractivity contribution in [2.24, 2.45) is 16.1 Å². The normalized spacial score (nSPS) is 21.0. The van der Waals surface area contributed by atoms with Gasteiger partial charge in [-0.15, -0.1) is 12.3 Å². The molecule has 1 amide bonds. The van der Waals surface area contributed by atoms with Crippen molar-refractivity contribution in [1.29, 1.82) is 0 Å². The van der Waals surface area contributed by atoms with Gasteiger partial charge >= 0.3 is 0 Å². The fourth-order valence-corrected chi connectivity index (χ4v) is 3.39. The molecule has 2 heterocycles. The van der Waals surface area contributed by atoms with Crippen LogP contribution in [0, 0.1) is 18.3 Å². The zero-order chi connectivity index (χ0) is 17.5. The highest BCUT2D eigenvalue weighted by Crippen LogP contribution is 2.37. The van der Waals surface area contributed by atoms with E-state index in [9.17, 15) is 4.79 Å². The van der Waals surface area contributed by atoms with Crippen LogP contribution < -0.4 is 5.32 Å². The molecule has 2 aliphatic rings. The Kier molecular flexibility index (Phi) is 5.83. The third-order valence-electron chi connectivity index (χ3n) is 5.01. The quantitative estimate of drug-likeness (QED) is 0.704. The van der Waals surface area contributed by atoms with E-state index in [1.165, 1.54) is 5.56 Å². The van der Waals surface area contributed by atoms with Gasteiger partial charge in [0.25, 0.3) is 0 Å². The van der Waals surface area contributed by atoms with Gasteiger partial charge in [-0.1, -0.05) is 30.3 Å². The van der Waals surface area contributed by atoms with E-state index in [1.807, 2.05) is 6.07 Å². The minimum atomic E-state index is -0.358. The fourth-order valence-electron chi connectivity index (χ4n) is 3.39. The van der Waals surface area contributed by atoms with E-state index in [0.717, 1.165) is 39.0 Å². The molecule has 1 fully saturated rings. The lowest BCUT2D eigenvalue weighted by molar-refractivity contribution is -0.121. The van der Waals surface area contributed by atoms with Crippen LogP contribution >= 0.6 is 0 Å². The van der Waals surface area contributed by atoms with Crippen molar-refractivity contribution < 1.29 is 4.79 Å². The summed E-state index contributed by atoms with van der Waals surface area (Å²) in [5.41, 5.74) is 0.991. The molecule has 2 aliphatic heterocycles. The molecule has 0 radical (unpaired) electrons. The zero-order valence-corrected chi connectivity index (χ0v) is 14.7. The summed E-state index contributed by atoms with van der Waals surface area (Å²) in [5, 5.41) is 11.2. The van der Waals surface area contributed by atoms with E-state index in [2.05, 4.69) is 50.6 Å². The smallest absolute Gasteiger partial charge is 0.220 e. The monoisotopic (exact) mass is 338 g/mol. The molecule has 3 rings (SSSR count). The van der Waals surface area contributed by atoms with Gasteiger partial charge < -0.3 is 5.32 Å². The van der Waals surface area contributed by atoms with E-state index in [-0.39, 0.29) is 11.6 Å². The number of hydrogen-bond donors (Lipinski definition) is 1. The summed E-state index contributed by atoms with van der Waals surface area (Å²) in [7, 11) is 0. The largest absolute Gasteiger partial charge is 0.356 e. The molecule has 5 heteroatoms. The van der Waals surface area contributed by atoms with Crippen LogP contribution in [0.1, 0.15) is 37.7 Å². The molecular weight excluding hydrogens is 312 g/mol. The van der Waals surface area contributed by atoms with E-state index < -0.39 is 0 Å². The van der Waals surface area contributed by atoms with Crippen molar-refractivity contribution in [3.05, 3.63) is 35.9 Å². The second-order valence-corrected chi connectivity index (χ2v) is 7.07. The van der Waals surface area contributed by atoms with Crippen molar-refractivity contribution in [3.8, 4) is 12.3 Å². The highest BCUT2D eigenvalue weighted by molar-refractivity contribution is 5.76. The Hall–Kier alpha value is -2.19. The molecule has 25 heavy (non-hydrogen) atoms. The van der Waals surface area contributed by atoms with Crippen LogP contribution in [-0.4, -0.2) is 36.1 Å². The maximum Gasteiger partial charge on any atom is 0.220 e. The molecule has 1 atom stereocenters. The topological polar surface area (TPSA) is 57.1 Å². The summed E-state index contributed by atoms with van der Waals surface area (Å²) in [5.74, 6) is 3.25. The van der Waals surface area contributed by atoms with Crippen LogP contribution in [0.4, 0.5) is 0 Å². The highest BCUT2D eigenvalue weighted by Gasteiger charge is 2.39. The average Bonchev–Trinajstić information content (AvgIpc) is 3.28. The molecule has 1 aromatic carbocycles. The highest BCUT2D eigenvalue weighted by atomic mass is 16.1. The fraction of sp³-hybridized carbons (Fsp3) is 0.550. The minimum absolute atomic E-state index is 0.0962. The predicted molar refractivity (Wildman–Crippen MR) is 97.7 cm³/mol. The van der Waals surface area contributed by atoms with Gasteiger partial charge in [0.1, 0.15) is 0 Å². The van der Waals surface area contributed by atoms with Gasteiger partial charge in [-0.05, 0) is 24.4 Å². The van der Waals surface area contributed by atoms with E-state index in [1.54, 1.807) is 0 Å². The first-order valence-corrected chi connectivity index (χ1v) is 9.10. The van der Waals surface area contributed by atoms with E-state index >= 15 is 0 Å². The van der Waals surface area contributed by atoms with Gasteiger partial charge in [-0.25, -0.2) is 0 Å². The number of nitrogens with zero attached hydrogens (tertiary/aromatic N) is 3.